The van der Waals surface area contributed by atoms with Gasteiger partial charge >= 0.3 is 12.1 Å². The molecule has 0 radical (unpaired) electrons. The number of halogens is 3. The van der Waals surface area contributed by atoms with E-state index in [4.69, 9.17) is 33.2 Å². The van der Waals surface area contributed by atoms with Gasteiger partial charge in [0.25, 0.3) is 0 Å². The van der Waals surface area contributed by atoms with Crippen LogP contribution in [0.15, 0.2) is 92.4 Å². The molecule has 0 aliphatic rings. The highest BCUT2D eigenvalue weighted by Gasteiger charge is 2.35. The molecule has 38 heavy (non-hydrogen) atoms. The van der Waals surface area contributed by atoms with E-state index >= 15 is 0 Å². The molecular weight excluding hydrogens is 509 g/mol. The van der Waals surface area contributed by atoms with E-state index in [-0.39, 0.29) is 24.9 Å². The summed E-state index contributed by atoms with van der Waals surface area (Å²) in [6.07, 6.45) is -2.34. The van der Waals surface area contributed by atoms with Crippen LogP contribution in [0.2, 0.25) is 0 Å². The third-order valence-corrected chi connectivity index (χ3v) is 4.64. The van der Waals surface area contributed by atoms with Crippen LogP contribution < -0.4 is 23.7 Å². The summed E-state index contributed by atoms with van der Waals surface area (Å²) in [6, 6.07) is 14.9. The highest BCUT2D eigenvalue weighted by Crippen LogP contribution is 2.38. The van der Waals surface area contributed by atoms with Gasteiger partial charge in [0.1, 0.15) is 34.3 Å². The molecule has 0 aliphatic heterocycles. The summed E-state index contributed by atoms with van der Waals surface area (Å²) in [7, 11) is 0. The Morgan fingerprint density at radius 1 is 0.684 bits per heavy atom. The molecule has 0 heterocycles. The molecule has 0 bridgehead atoms. The summed E-state index contributed by atoms with van der Waals surface area (Å²) >= 11 is 0. The monoisotopic (exact) mass is 532 g/mol. The van der Waals surface area contributed by atoms with Crippen molar-refractivity contribution in [2.75, 3.05) is 20.4 Å². The molecule has 0 aliphatic carbocycles. The Kier molecular flexibility index (Phi) is 9.86. The molecule has 3 aromatic carbocycles. The number of ether oxygens (including phenoxy) is 7. The largest absolute Gasteiger partial charge is 0.466 e. The molecule has 0 fully saturated rings. The first-order valence-electron chi connectivity index (χ1n) is 10.9. The van der Waals surface area contributed by atoms with Gasteiger partial charge in [-0.15, -0.1) is 0 Å². The van der Waals surface area contributed by atoms with Gasteiger partial charge in [-0.05, 0) is 66.7 Å². The van der Waals surface area contributed by atoms with Gasteiger partial charge in [-0.2, -0.15) is 13.2 Å². The summed E-state index contributed by atoms with van der Waals surface area (Å²) < 4.78 is 76.8. The van der Waals surface area contributed by atoms with E-state index in [1.54, 1.807) is 24.3 Å². The zero-order valence-electron chi connectivity index (χ0n) is 19.9. The standard InChI is InChI=1S/C27H23F3O8/c1-3-32-16-34-20-7-5-19(6-8-20)26(31)38-23-13-14-25(24(15-23)27(28,29)30)37-18-36-22-11-9-21(10-12-22)35-17-33-4-2/h3-15H,1-2,16-18H2. The lowest BCUT2D eigenvalue weighted by Gasteiger charge is -2.16. The van der Waals surface area contributed by atoms with E-state index < -0.39 is 30.3 Å². The van der Waals surface area contributed by atoms with Crippen molar-refractivity contribution in [1.82, 2.24) is 0 Å². The number of hydrogen-bond donors (Lipinski definition) is 0. The predicted molar refractivity (Wildman–Crippen MR) is 129 cm³/mol. The second-order valence-corrected chi connectivity index (χ2v) is 7.14. The lowest BCUT2D eigenvalue weighted by Crippen LogP contribution is -2.13. The van der Waals surface area contributed by atoms with Crippen LogP contribution in [-0.4, -0.2) is 26.3 Å². The summed E-state index contributed by atoms with van der Waals surface area (Å²) in [5.41, 5.74) is -1.03. The molecule has 8 nitrogen and oxygen atoms in total. The zero-order valence-corrected chi connectivity index (χ0v) is 19.9. The first-order chi connectivity index (χ1) is 18.3. The molecule has 0 aromatic heterocycles. The Hall–Kier alpha value is -4.80. The van der Waals surface area contributed by atoms with Gasteiger partial charge in [-0.25, -0.2) is 4.79 Å². The molecule has 11 heteroatoms. The number of rotatable bonds is 14. The Labute approximate surface area is 216 Å². The average Bonchev–Trinajstić information content (AvgIpc) is 2.90. The maximum absolute atomic E-state index is 13.7. The molecule has 3 aromatic rings. The van der Waals surface area contributed by atoms with Gasteiger partial charge in [0.15, 0.2) is 0 Å². The number of esters is 1. The van der Waals surface area contributed by atoms with Gasteiger partial charge in [-0.1, -0.05) is 13.2 Å². The minimum absolute atomic E-state index is 0.0220. The van der Waals surface area contributed by atoms with Crippen LogP contribution in [0.1, 0.15) is 15.9 Å². The first-order valence-corrected chi connectivity index (χ1v) is 10.9. The second kappa shape index (κ2) is 13.5. The molecular formula is C27H23F3O8. The fraction of sp³-hybridized carbons (Fsp3) is 0.148. The van der Waals surface area contributed by atoms with E-state index in [1.165, 1.54) is 42.9 Å². The van der Waals surface area contributed by atoms with Gasteiger partial charge < -0.3 is 33.2 Å². The van der Waals surface area contributed by atoms with E-state index in [0.717, 1.165) is 6.07 Å². The Balaban J connectivity index is 1.60. The van der Waals surface area contributed by atoms with Gasteiger partial charge in [-0.3, -0.25) is 0 Å². The summed E-state index contributed by atoms with van der Waals surface area (Å²) in [5, 5.41) is 0. The van der Waals surface area contributed by atoms with Crippen LogP contribution in [0.4, 0.5) is 13.2 Å². The number of carbonyl (C=O) groups is 1. The number of alkyl halides is 3. The molecule has 0 N–H and O–H groups in total. The maximum Gasteiger partial charge on any atom is 0.420 e. The van der Waals surface area contributed by atoms with Crippen LogP contribution in [0.5, 0.6) is 28.7 Å². The topological polar surface area (TPSA) is 81.7 Å². The summed E-state index contributed by atoms with van der Waals surface area (Å²) in [5.74, 6) is -0.424. The van der Waals surface area contributed by atoms with Crippen LogP contribution in [0, 0.1) is 0 Å². The Morgan fingerprint density at radius 2 is 1.16 bits per heavy atom. The fourth-order valence-corrected chi connectivity index (χ4v) is 2.87. The van der Waals surface area contributed by atoms with E-state index in [0.29, 0.717) is 23.3 Å². The van der Waals surface area contributed by atoms with Gasteiger partial charge in [0.05, 0.1) is 18.1 Å². The SMILES string of the molecule is C=COCOc1ccc(OCOc2ccc(OC(=O)c3ccc(OCOC=C)cc3)cc2C(F)(F)F)cc1. The summed E-state index contributed by atoms with van der Waals surface area (Å²) in [6.45, 7) is 6.17. The minimum Gasteiger partial charge on any atom is -0.466 e. The quantitative estimate of drug-likeness (QED) is 0.0783. The van der Waals surface area contributed by atoms with Crippen molar-refractivity contribution in [3.8, 4) is 28.7 Å². The highest BCUT2D eigenvalue weighted by atomic mass is 19.4. The molecule has 0 amide bonds. The van der Waals surface area contributed by atoms with Gasteiger partial charge in [0.2, 0.25) is 20.4 Å². The van der Waals surface area contributed by atoms with Crippen LogP contribution >= 0.6 is 0 Å². The lowest BCUT2D eigenvalue weighted by atomic mass is 10.1. The average molecular weight is 532 g/mol. The Bertz CT molecular complexity index is 1210. The second-order valence-electron chi connectivity index (χ2n) is 7.14. The maximum atomic E-state index is 13.7. The van der Waals surface area contributed by atoms with Crippen molar-refractivity contribution in [2.24, 2.45) is 0 Å². The minimum atomic E-state index is -4.78. The zero-order chi connectivity index (χ0) is 27.4. The van der Waals surface area contributed by atoms with Crippen molar-refractivity contribution in [3.63, 3.8) is 0 Å². The number of benzene rings is 3. The Morgan fingerprint density at radius 3 is 1.66 bits per heavy atom. The molecule has 0 spiro atoms. The molecule has 0 atom stereocenters. The van der Waals surface area contributed by atoms with Crippen LogP contribution in [0.25, 0.3) is 0 Å². The van der Waals surface area contributed by atoms with E-state index in [1.807, 2.05) is 0 Å². The lowest BCUT2D eigenvalue weighted by molar-refractivity contribution is -0.139. The molecule has 0 saturated heterocycles. The molecule has 0 saturated carbocycles. The first kappa shape index (κ1) is 27.8. The van der Waals surface area contributed by atoms with Crippen LogP contribution in [0.3, 0.4) is 0 Å². The van der Waals surface area contributed by atoms with Crippen molar-refractivity contribution in [2.45, 2.75) is 6.18 Å². The van der Waals surface area contributed by atoms with Crippen molar-refractivity contribution >= 4 is 5.97 Å². The predicted octanol–water partition coefficient (Wildman–Crippen LogP) is 6.33. The normalized spacial score (nSPS) is 10.6. The van der Waals surface area contributed by atoms with Gasteiger partial charge in [0, 0.05) is 0 Å². The third kappa shape index (κ3) is 8.40. The molecule has 0 unspecified atom stereocenters. The third-order valence-electron chi connectivity index (χ3n) is 4.64. The number of hydrogen-bond acceptors (Lipinski definition) is 8. The van der Waals surface area contributed by atoms with E-state index in [2.05, 4.69) is 13.2 Å². The van der Waals surface area contributed by atoms with Crippen molar-refractivity contribution in [3.05, 3.63) is 104 Å². The van der Waals surface area contributed by atoms with Crippen molar-refractivity contribution in [1.29, 1.82) is 0 Å². The number of carbonyl (C=O) groups excluding carboxylic acids is 1. The smallest absolute Gasteiger partial charge is 0.420 e. The van der Waals surface area contributed by atoms with Crippen molar-refractivity contribution < 1.29 is 51.1 Å². The highest BCUT2D eigenvalue weighted by molar-refractivity contribution is 5.91. The molecule has 3 rings (SSSR count). The fourth-order valence-electron chi connectivity index (χ4n) is 2.87. The van der Waals surface area contributed by atoms with Crippen LogP contribution in [-0.2, 0) is 15.7 Å². The van der Waals surface area contributed by atoms with E-state index in [9.17, 15) is 18.0 Å². The summed E-state index contributed by atoms with van der Waals surface area (Å²) in [4.78, 5) is 12.4. The molecule has 200 valence electrons.